The highest BCUT2D eigenvalue weighted by Crippen LogP contribution is 2.32. The second-order valence-corrected chi connectivity index (χ2v) is 5.57. The minimum absolute atomic E-state index is 0.597. The molecule has 1 N–H and O–H groups in total. The molecule has 3 aromatic rings. The second kappa shape index (κ2) is 6.13. The summed E-state index contributed by atoms with van der Waals surface area (Å²) < 4.78 is 5.72. The van der Waals surface area contributed by atoms with Crippen molar-refractivity contribution in [3.05, 3.63) is 36.2 Å². The average molecular weight is 300 g/mol. The number of anilines is 1. The van der Waals surface area contributed by atoms with Crippen LogP contribution in [-0.4, -0.2) is 21.5 Å². The summed E-state index contributed by atoms with van der Waals surface area (Å²) in [5, 5.41) is 4.75. The van der Waals surface area contributed by atoms with Crippen molar-refractivity contribution in [1.29, 1.82) is 0 Å². The summed E-state index contributed by atoms with van der Waals surface area (Å²) in [5.41, 5.74) is 2.66. The molecule has 0 bridgehead atoms. The first-order valence-corrected chi connectivity index (χ1v) is 7.68. The predicted molar refractivity (Wildman–Crippen MR) is 83.7 cm³/mol. The van der Waals surface area contributed by atoms with Crippen molar-refractivity contribution >= 4 is 28.7 Å². The van der Waals surface area contributed by atoms with Crippen LogP contribution < -0.4 is 5.32 Å². The zero-order valence-electron chi connectivity index (χ0n) is 12.0. The number of benzene rings is 1. The van der Waals surface area contributed by atoms with Gasteiger partial charge < -0.3 is 9.73 Å². The normalized spacial score (nSPS) is 11.0. The zero-order valence-corrected chi connectivity index (χ0v) is 12.8. The van der Waals surface area contributed by atoms with Gasteiger partial charge in [-0.1, -0.05) is 19.1 Å². The maximum Gasteiger partial charge on any atom is 0.263 e. The molecule has 21 heavy (non-hydrogen) atoms. The van der Waals surface area contributed by atoms with Crippen LogP contribution in [0.15, 0.2) is 45.3 Å². The molecule has 108 valence electrons. The zero-order chi connectivity index (χ0) is 14.7. The maximum atomic E-state index is 5.72. The Kier molecular flexibility index (Phi) is 4.06. The van der Waals surface area contributed by atoms with Gasteiger partial charge in [0.1, 0.15) is 22.7 Å². The van der Waals surface area contributed by atoms with Gasteiger partial charge in [0.15, 0.2) is 5.58 Å². The lowest BCUT2D eigenvalue weighted by atomic mass is 10.3. The number of hydrogen-bond donors (Lipinski definition) is 1. The SMILES string of the molecule is CCCNc1ncnc(Sc2nc3ccccc3o2)c1C. The van der Waals surface area contributed by atoms with Gasteiger partial charge in [0.2, 0.25) is 0 Å². The number of nitrogens with one attached hydrogen (secondary N) is 1. The van der Waals surface area contributed by atoms with Gasteiger partial charge in [-0.2, -0.15) is 0 Å². The van der Waals surface area contributed by atoms with E-state index in [9.17, 15) is 0 Å². The van der Waals surface area contributed by atoms with E-state index in [2.05, 4.69) is 27.2 Å². The first-order chi connectivity index (χ1) is 10.3. The van der Waals surface area contributed by atoms with E-state index in [-0.39, 0.29) is 0 Å². The minimum Gasteiger partial charge on any atom is -0.431 e. The Bertz CT molecular complexity index is 723. The lowest BCUT2D eigenvalue weighted by Crippen LogP contribution is -2.05. The van der Waals surface area contributed by atoms with Crippen LogP contribution in [0, 0.1) is 6.92 Å². The van der Waals surface area contributed by atoms with E-state index < -0.39 is 0 Å². The summed E-state index contributed by atoms with van der Waals surface area (Å²) >= 11 is 1.42. The van der Waals surface area contributed by atoms with Crippen molar-refractivity contribution in [3.8, 4) is 0 Å². The molecule has 0 aliphatic carbocycles. The third kappa shape index (κ3) is 3.00. The highest BCUT2D eigenvalue weighted by atomic mass is 32.2. The van der Waals surface area contributed by atoms with Crippen molar-refractivity contribution in [2.75, 3.05) is 11.9 Å². The number of oxazole rings is 1. The Balaban J connectivity index is 1.87. The van der Waals surface area contributed by atoms with Crippen LogP contribution in [-0.2, 0) is 0 Å². The van der Waals surface area contributed by atoms with E-state index in [4.69, 9.17) is 4.42 Å². The summed E-state index contributed by atoms with van der Waals surface area (Å²) in [5.74, 6) is 0.866. The molecule has 0 atom stereocenters. The Morgan fingerprint density at radius 1 is 1.24 bits per heavy atom. The second-order valence-electron chi connectivity index (χ2n) is 4.63. The molecule has 6 heteroatoms. The molecular weight excluding hydrogens is 284 g/mol. The first kappa shape index (κ1) is 13.9. The summed E-state index contributed by atoms with van der Waals surface area (Å²) in [6.07, 6.45) is 2.62. The number of aromatic nitrogens is 3. The molecule has 0 amide bonds. The van der Waals surface area contributed by atoms with Crippen LogP contribution in [0.3, 0.4) is 0 Å². The van der Waals surface area contributed by atoms with Gasteiger partial charge >= 0.3 is 0 Å². The van der Waals surface area contributed by atoms with Crippen molar-refractivity contribution in [1.82, 2.24) is 15.0 Å². The van der Waals surface area contributed by atoms with E-state index in [1.54, 1.807) is 6.33 Å². The third-order valence-corrected chi connectivity index (χ3v) is 3.99. The summed E-state index contributed by atoms with van der Waals surface area (Å²) in [4.78, 5) is 13.1. The Hall–Kier alpha value is -2.08. The predicted octanol–water partition coefficient (Wildman–Crippen LogP) is 3.90. The van der Waals surface area contributed by atoms with E-state index in [0.717, 1.165) is 40.5 Å². The number of hydrogen-bond acceptors (Lipinski definition) is 6. The summed E-state index contributed by atoms with van der Waals surface area (Å²) in [6, 6.07) is 7.73. The van der Waals surface area contributed by atoms with Crippen LogP contribution >= 0.6 is 11.8 Å². The third-order valence-electron chi connectivity index (χ3n) is 3.04. The molecule has 2 heterocycles. The van der Waals surface area contributed by atoms with Gasteiger partial charge in [0.25, 0.3) is 5.22 Å². The lowest BCUT2D eigenvalue weighted by molar-refractivity contribution is 0.489. The molecule has 0 fully saturated rings. The quantitative estimate of drug-likeness (QED) is 0.721. The highest BCUT2D eigenvalue weighted by Gasteiger charge is 2.12. The number of fused-ring (bicyclic) bond motifs is 1. The largest absolute Gasteiger partial charge is 0.431 e. The maximum absolute atomic E-state index is 5.72. The Labute approximate surface area is 127 Å². The van der Waals surface area contributed by atoms with Gasteiger partial charge in [-0.3, -0.25) is 0 Å². The molecule has 2 aromatic heterocycles. The summed E-state index contributed by atoms with van der Waals surface area (Å²) in [7, 11) is 0. The molecular formula is C15H16N4OS. The van der Waals surface area contributed by atoms with Gasteiger partial charge in [0.05, 0.1) is 0 Å². The number of nitrogens with zero attached hydrogens (tertiary/aromatic N) is 3. The fraction of sp³-hybridized carbons (Fsp3) is 0.267. The number of rotatable bonds is 5. The Morgan fingerprint density at radius 2 is 2.10 bits per heavy atom. The molecule has 0 aliphatic heterocycles. The fourth-order valence-electron chi connectivity index (χ4n) is 1.94. The Morgan fingerprint density at radius 3 is 2.90 bits per heavy atom. The first-order valence-electron chi connectivity index (χ1n) is 6.87. The van der Waals surface area contributed by atoms with Crippen LogP contribution in [0.1, 0.15) is 18.9 Å². The van der Waals surface area contributed by atoms with Crippen molar-refractivity contribution in [2.45, 2.75) is 30.5 Å². The van der Waals surface area contributed by atoms with Crippen LogP contribution in [0.4, 0.5) is 5.82 Å². The summed E-state index contributed by atoms with van der Waals surface area (Å²) in [6.45, 7) is 5.02. The van der Waals surface area contributed by atoms with Crippen LogP contribution in [0.2, 0.25) is 0 Å². The average Bonchev–Trinajstić information content (AvgIpc) is 2.90. The van der Waals surface area contributed by atoms with E-state index in [0.29, 0.717) is 5.22 Å². The van der Waals surface area contributed by atoms with Crippen molar-refractivity contribution in [3.63, 3.8) is 0 Å². The molecule has 0 aliphatic rings. The van der Waals surface area contributed by atoms with E-state index >= 15 is 0 Å². The molecule has 0 unspecified atom stereocenters. The van der Waals surface area contributed by atoms with Crippen LogP contribution in [0.5, 0.6) is 0 Å². The topological polar surface area (TPSA) is 63.8 Å². The van der Waals surface area contributed by atoms with Crippen molar-refractivity contribution in [2.24, 2.45) is 0 Å². The van der Waals surface area contributed by atoms with Gasteiger partial charge in [-0.05, 0) is 37.2 Å². The molecule has 0 radical (unpaired) electrons. The monoisotopic (exact) mass is 300 g/mol. The van der Waals surface area contributed by atoms with Gasteiger partial charge in [-0.15, -0.1) is 0 Å². The van der Waals surface area contributed by atoms with Crippen LogP contribution in [0.25, 0.3) is 11.1 Å². The molecule has 0 spiro atoms. The highest BCUT2D eigenvalue weighted by molar-refractivity contribution is 7.99. The fourth-order valence-corrected chi connectivity index (χ4v) is 2.73. The standard InChI is InChI=1S/C15H16N4OS/c1-3-8-16-13-10(2)14(18-9-17-13)21-15-19-11-6-4-5-7-12(11)20-15/h4-7,9H,3,8H2,1-2H3,(H,16,17,18). The van der Waals surface area contributed by atoms with Gasteiger partial charge in [-0.25, -0.2) is 15.0 Å². The van der Waals surface area contributed by atoms with Crippen molar-refractivity contribution < 1.29 is 4.42 Å². The molecule has 5 nitrogen and oxygen atoms in total. The molecule has 0 saturated heterocycles. The minimum atomic E-state index is 0.597. The lowest BCUT2D eigenvalue weighted by Gasteiger charge is -2.08. The number of para-hydroxylation sites is 2. The molecule has 3 rings (SSSR count). The smallest absolute Gasteiger partial charge is 0.263 e. The van der Waals surface area contributed by atoms with E-state index in [1.807, 2.05) is 31.2 Å². The molecule has 1 aromatic carbocycles. The molecule has 0 saturated carbocycles. The van der Waals surface area contributed by atoms with E-state index in [1.165, 1.54) is 11.8 Å². The van der Waals surface area contributed by atoms with Gasteiger partial charge in [0, 0.05) is 12.1 Å².